The Kier molecular flexibility index (Phi) is 13.6. The van der Waals surface area contributed by atoms with Gasteiger partial charge >= 0.3 is 5.97 Å². The molecule has 0 saturated carbocycles. The summed E-state index contributed by atoms with van der Waals surface area (Å²) in [6.07, 6.45) is 5.52. The molecular formula is C34H39ClN2O8S. The lowest BCUT2D eigenvalue weighted by atomic mass is 10.0. The lowest BCUT2D eigenvalue weighted by Gasteiger charge is -2.27. The number of nitrogens with one attached hydrogen (secondary N) is 1. The van der Waals surface area contributed by atoms with Gasteiger partial charge in [-0.3, -0.25) is 28.9 Å². The largest absolute Gasteiger partial charge is 0.478 e. The van der Waals surface area contributed by atoms with Crippen LogP contribution in [0.15, 0.2) is 60.7 Å². The number of carbonyl (C=O) groups excluding carboxylic acids is 6. The number of allylic oxidation sites excluding steroid dienone is 2. The first-order valence-corrected chi connectivity index (χ1v) is 16.4. The number of nitrogens with zero attached hydrogens (tertiary/aromatic N) is 1. The average molecular weight is 671 g/mol. The lowest BCUT2D eigenvalue weighted by Crippen LogP contribution is -2.53. The standard InChI is InChI=1S/C34H39ClN2O8S/c1-5-6-7-9-25(38)10-8-19-37-29(39)20-28(31(37)41)46-21-27(32(42)44-4)36-33(43)34(2,3)45-26-17-13-23(14-18-26)30(40)22-11-15-24(35)16-12-22/h6-7,11-18,27-28H,5,8-10,19-21H2,1-4H3,(H,36,43)/b7-6-. The van der Waals surface area contributed by atoms with Crippen molar-refractivity contribution >= 4 is 58.6 Å². The third-order valence-electron chi connectivity index (χ3n) is 7.19. The van der Waals surface area contributed by atoms with Crippen LogP contribution in [0.5, 0.6) is 5.75 Å². The number of benzene rings is 2. The van der Waals surface area contributed by atoms with Crippen molar-refractivity contribution in [3.05, 3.63) is 76.8 Å². The molecule has 3 rings (SSSR count). The fourth-order valence-electron chi connectivity index (χ4n) is 4.57. The van der Waals surface area contributed by atoms with E-state index in [-0.39, 0.29) is 48.5 Å². The molecule has 1 heterocycles. The predicted molar refractivity (Wildman–Crippen MR) is 176 cm³/mol. The third-order valence-corrected chi connectivity index (χ3v) is 8.73. The molecule has 2 aromatic rings. The van der Waals surface area contributed by atoms with Crippen molar-refractivity contribution in [3.63, 3.8) is 0 Å². The molecule has 0 aromatic heterocycles. The summed E-state index contributed by atoms with van der Waals surface area (Å²) >= 11 is 6.98. The van der Waals surface area contributed by atoms with Gasteiger partial charge in [0.25, 0.3) is 5.91 Å². The second-order valence-corrected chi connectivity index (χ2v) is 12.8. The summed E-state index contributed by atoms with van der Waals surface area (Å²) in [5.74, 6) is -1.90. The van der Waals surface area contributed by atoms with Crippen molar-refractivity contribution in [2.45, 2.75) is 69.8 Å². The number of esters is 1. The van der Waals surface area contributed by atoms with Crippen LogP contribution in [0.2, 0.25) is 5.02 Å². The Labute approximate surface area is 278 Å². The number of hydrogen-bond acceptors (Lipinski definition) is 9. The van der Waals surface area contributed by atoms with Gasteiger partial charge < -0.3 is 14.8 Å². The Hall–Kier alpha value is -3.96. The molecule has 1 saturated heterocycles. The highest BCUT2D eigenvalue weighted by Gasteiger charge is 2.40. The van der Waals surface area contributed by atoms with Crippen molar-refractivity contribution in [3.8, 4) is 5.75 Å². The van der Waals surface area contributed by atoms with Crippen LogP contribution in [0.3, 0.4) is 0 Å². The lowest BCUT2D eigenvalue weighted by molar-refractivity contribution is -0.146. The molecule has 2 atom stereocenters. The smallest absolute Gasteiger partial charge is 0.329 e. The van der Waals surface area contributed by atoms with Crippen LogP contribution in [0.1, 0.15) is 68.8 Å². The molecule has 1 N–H and O–H groups in total. The fraction of sp³-hybridized carbons (Fsp3) is 0.412. The van der Waals surface area contributed by atoms with Gasteiger partial charge in [-0.1, -0.05) is 30.7 Å². The molecule has 1 fully saturated rings. The quantitative estimate of drug-likeness (QED) is 0.107. The number of thioether (sulfide) groups is 1. The van der Waals surface area contributed by atoms with E-state index < -0.39 is 28.8 Å². The van der Waals surface area contributed by atoms with Crippen molar-refractivity contribution in [1.82, 2.24) is 10.2 Å². The van der Waals surface area contributed by atoms with Crippen molar-refractivity contribution in [2.24, 2.45) is 0 Å². The maximum Gasteiger partial charge on any atom is 0.329 e. The van der Waals surface area contributed by atoms with Crippen molar-refractivity contribution in [2.75, 3.05) is 19.4 Å². The van der Waals surface area contributed by atoms with Gasteiger partial charge in [0.15, 0.2) is 11.4 Å². The molecule has 10 nitrogen and oxygen atoms in total. The Morgan fingerprint density at radius 3 is 2.28 bits per heavy atom. The Bertz CT molecular complexity index is 1460. The van der Waals surface area contributed by atoms with Crippen LogP contribution < -0.4 is 10.1 Å². The van der Waals surface area contributed by atoms with E-state index in [4.69, 9.17) is 21.1 Å². The van der Waals surface area contributed by atoms with E-state index in [0.29, 0.717) is 34.7 Å². The van der Waals surface area contributed by atoms with Gasteiger partial charge in [0.05, 0.1) is 12.4 Å². The van der Waals surface area contributed by atoms with Crippen LogP contribution in [-0.2, 0) is 28.7 Å². The first-order chi connectivity index (χ1) is 21.9. The highest BCUT2D eigenvalue weighted by Crippen LogP contribution is 2.27. The number of imide groups is 1. The average Bonchev–Trinajstić information content (AvgIpc) is 3.30. The molecule has 12 heteroatoms. The zero-order chi connectivity index (χ0) is 33.9. The molecule has 0 bridgehead atoms. The van der Waals surface area contributed by atoms with Crippen molar-refractivity contribution in [1.29, 1.82) is 0 Å². The Balaban J connectivity index is 1.55. The molecule has 2 unspecified atom stereocenters. The number of hydrogen-bond donors (Lipinski definition) is 1. The zero-order valence-corrected chi connectivity index (χ0v) is 27.9. The number of rotatable bonds is 17. The van der Waals surface area contributed by atoms with Crippen LogP contribution >= 0.6 is 23.4 Å². The number of amides is 3. The van der Waals surface area contributed by atoms with Gasteiger partial charge in [0, 0.05) is 47.7 Å². The second kappa shape index (κ2) is 17.1. The summed E-state index contributed by atoms with van der Waals surface area (Å²) in [5, 5.41) is 2.43. The van der Waals surface area contributed by atoms with E-state index in [9.17, 15) is 28.8 Å². The fourth-order valence-corrected chi connectivity index (χ4v) is 5.87. The monoisotopic (exact) mass is 670 g/mol. The Morgan fingerprint density at radius 2 is 1.67 bits per heavy atom. The zero-order valence-electron chi connectivity index (χ0n) is 26.4. The highest BCUT2D eigenvalue weighted by molar-refractivity contribution is 8.00. The van der Waals surface area contributed by atoms with Gasteiger partial charge in [0.2, 0.25) is 11.8 Å². The first-order valence-electron chi connectivity index (χ1n) is 15.0. The van der Waals surface area contributed by atoms with Crippen LogP contribution in [0, 0.1) is 0 Å². The predicted octanol–water partition coefficient (Wildman–Crippen LogP) is 4.95. The van der Waals surface area contributed by atoms with Crippen molar-refractivity contribution < 1.29 is 38.2 Å². The summed E-state index contributed by atoms with van der Waals surface area (Å²) in [7, 11) is 1.19. The van der Waals surface area contributed by atoms with Crippen LogP contribution in [0.4, 0.5) is 0 Å². The number of likely N-dealkylation sites (tertiary alicyclic amines) is 1. The number of ketones is 2. The van der Waals surface area contributed by atoms with Gasteiger partial charge in [-0.05, 0) is 75.2 Å². The number of halogens is 1. The normalized spacial score (nSPS) is 15.6. The van der Waals surface area contributed by atoms with Crippen LogP contribution in [-0.4, -0.2) is 76.5 Å². The SMILES string of the molecule is CC/C=C\CC(=O)CCCN1C(=O)CC(SCC(NC(=O)C(C)(C)Oc2ccc(C(=O)c3ccc(Cl)cc3)cc2)C(=O)OC)C1=O. The van der Waals surface area contributed by atoms with E-state index in [2.05, 4.69) is 5.32 Å². The number of methoxy groups -OCH3 is 1. The number of carbonyl (C=O) groups is 6. The third kappa shape index (κ3) is 10.3. The number of ether oxygens (including phenoxy) is 2. The Morgan fingerprint density at radius 1 is 1.04 bits per heavy atom. The minimum Gasteiger partial charge on any atom is -0.478 e. The van der Waals surface area contributed by atoms with Crippen LogP contribution in [0.25, 0.3) is 0 Å². The van der Waals surface area contributed by atoms with Gasteiger partial charge in [-0.25, -0.2) is 4.79 Å². The highest BCUT2D eigenvalue weighted by atomic mass is 35.5. The van der Waals surface area contributed by atoms with Gasteiger partial charge in [0.1, 0.15) is 17.6 Å². The molecule has 1 aliphatic heterocycles. The van der Waals surface area contributed by atoms with E-state index in [1.165, 1.54) is 21.0 Å². The molecule has 3 amide bonds. The molecule has 1 aliphatic rings. The minimum absolute atomic E-state index is 0.0181. The molecule has 46 heavy (non-hydrogen) atoms. The molecule has 0 spiro atoms. The maximum absolute atomic E-state index is 13.2. The molecule has 0 aliphatic carbocycles. The van der Waals surface area contributed by atoms with Gasteiger partial charge in [-0.15, -0.1) is 11.8 Å². The molecule has 246 valence electrons. The molecule has 2 aromatic carbocycles. The van der Waals surface area contributed by atoms with E-state index >= 15 is 0 Å². The number of Topliss-reactive ketones (excluding diaryl/α,β-unsaturated/α-hetero) is 1. The topological polar surface area (TPSA) is 136 Å². The summed E-state index contributed by atoms with van der Waals surface area (Å²) < 4.78 is 10.8. The summed E-state index contributed by atoms with van der Waals surface area (Å²) in [6.45, 7) is 5.18. The minimum atomic E-state index is -1.43. The second-order valence-electron chi connectivity index (χ2n) is 11.2. The summed E-state index contributed by atoms with van der Waals surface area (Å²) in [6, 6.07) is 11.7. The van der Waals surface area contributed by atoms with E-state index in [1.54, 1.807) is 48.5 Å². The summed E-state index contributed by atoms with van der Waals surface area (Å²) in [5.41, 5.74) is -0.534. The molecule has 0 radical (unpaired) electrons. The maximum atomic E-state index is 13.2. The van der Waals surface area contributed by atoms with E-state index in [0.717, 1.165) is 23.1 Å². The van der Waals surface area contributed by atoms with E-state index in [1.807, 2.05) is 19.1 Å². The summed E-state index contributed by atoms with van der Waals surface area (Å²) in [4.78, 5) is 77.2. The van der Waals surface area contributed by atoms with Gasteiger partial charge in [-0.2, -0.15) is 0 Å². The molecular weight excluding hydrogens is 632 g/mol. The first kappa shape index (κ1) is 36.5.